The van der Waals surface area contributed by atoms with E-state index in [0.29, 0.717) is 11.4 Å². The van der Waals surface area contributed by atoms with Crippen LogP contribution in [-0.4, -0.2) is 68.1 Å². The van der Waals surface area contributed by atoms with Crippen LogP contribution in [0.25, 0.3) is 33.6 Å². The number of rotatable bonds is 9. The number of amides is 1. The van der Waals surface area contributed by atoms with Crippen LogP contribution in [0.1, 0.15) is 6.42 Å². The van der Waals surface area contributed by atoms with Crippen LogP contribution in [0, 0.1) is 0 Å². The normalized spacial score (nSPS) is 13.0. The van der Waals surface area contributed by atoms with Gasteiger partial charge in [-0.25, -0.2) is 9.97 Å². The minimum absolute atomic E-state index is 0.260. The second kappa shape index (κ2) is 10.4. The van der Waals surface area contributed by atoms with Crippen molar-refractivity contribution in [3.8, 4) is 22.5 Å². The summed E-state index contributed by atoms with van der Waals surface area (Å²) in [4.78, 5) is 28.1. The number of fused-ring (bicyclic) bond motifs is 1. The Bertz CT molecular complexity index is 1430. The number of nitrogens with zero attached hydrogens (tertiary/aromatic N) is 5. The van der Waals surface area contributed by atoms with Crippen molar-refractivity contribution >= 4 is 34.2 Å². The van der Waals surface area contributed by atoms with Gasteiger partial charge in [-0.3, -0.25) is 4.79 Å². The Kier molecular flexibility index (Phi) is 6.92. The fraction of sp³-hybridized carbons (Fsp3) is 0.276. The molecule has 3 heterocycles. The van der Waals surface area contributed by atoms with E-state index in [-0.39, 0.29) is 5.91 Å². The van der Waals surface area contributed by atoms with E-state index in [1.54, 1.807) is 6.33 Å². The molecule has 2 aromatic carbocycles. The molecule has 1 saturated heterocycles. The second-order valence-corrected chi connectivity index (χ2v) is 9.54. The first-order valence-corrected chi connectivity index (χ1v) is 12.5. The number of hydrogen-bond donors (Lipinski definition) is 1. The van der Waals surface area contributed by atoms with Crippen molar-refractivity contribution in [2.24, 2.45) is 0 Å². The van der Waals surface area contributed by atoms with E-state index in [1.165, 1.54) is 6.08 Å². The van der Waals surface area contributed by atoms with Gasteiger partial charge in [-0.2, -0.15) is 0 Å². The van der Waals surface area contributed by atoms with Gasteiger partial charge in [0.05, 0.1) is 16.8 Å². The molecule has 8 heteroatoms. The van der Waals surface area contributed by atoms with Gasteiger partial charge in [-0.1, -0.05) is 43.0 Å². The lowest BCUT2D eigenvalue weighted by molar-refractivity contribution is -0.111. The van der Waals surface area contributed by atoms with Gasteiger partial charge >= 0.3 is 0 Å². The predicted octanol–water partition coefficient (Wildman–Crippen LogP) is 4.89. The lowest BCUT2D eigenvalue weighted by atomic mass is 9.97. The number of aromatic nitrogens is 2. The largest absolute Gasteiger partial charge is 0.437 e. The van der Waals surface area contributed by atoms with Crippen molar-refractivity contribution in [2.45, 2.75) is 6.42 Å². The number of furan rings is 1. The van der Waals surface area contributed by atoms with Crippen molar-refractivity contribution in [1.82, 2.24) is 14.9 Å². The molecule has 0 bridgehead atoms. The highest BCUT2D eigenvalue weighted by atomic mass is 16.3. The Morgan fingerprint density at radius 3 is 2.54 bits per heavy atom. The molecule has 8 nitrogen and oxygen atoms in total. The molecule has 1 aliphatic heterocycles. The summed E-state index contributed by atoms with van der Waals surface area (Å²) in [5, 5.41) is 3.90. The third-order valence-electron chi connectivity index (χ3n) is 6.68. The average molecular weight is 497 g/mol. The highest BCUT2D eigenvalue weighted by Gasteiger charge is 2.27. The number of carbonyl (C=O) groups excluding carboxylic acids is 1. The molecule has 0 saturated carbocycles. The number of benzene rings is 2. The maximum absolute atomic E-state index is 12.4. The van der Waals surface area contributed by atoms with Gasteiger partial charge in [0.25, 0.3) is 0 Å². The molecular formula is C29H32N6O2. The fourth-order valence-electron chi connectivity index (χ4n) is 4.53. The zero-order chi connectivity index (χ0) is 25.9. The Balaban J connectivity index is 1.70. The maximum atomic E-state index is 12.4. The third kappa shape index (κ3) is 4.93. The molecule has 5 rings (SSSR count). The summed E-state index contributed by atoms with van der Waals surface area (Å²) in [5.74, 6) is 1.35. The molecule has 190 valence electrons. The summed E-state index contributed by atoms with van der Waals surface area (Å²) in [6, 6.07) is 16.2. The van der Waals surface area contributed by atoms with E-state index in [0.717, 1.165) is 71.9 Å². The van der Waals surface area contributed by atoms with Gasteiger partial charge < -0.3 is 24.4 Å². The molecule has 1 N–H and O–H groups in total. The van der Waals surface area contributed by atoms with Crippen LogP contribution in [0.2, 0.25) is 0 Å². The smallest absolute Gasteiger partial charge is 0.247 e. The molecule has 0 aliphatic carbocycles. The highest BCUT2D eigenvalue weighted by Crippen LogP contribution is 2.45. The van der Waals surface area contributed by atoms with Crippen LogP contribution in [0.15, 0.2) is 71.9 Å². The molecule has 1 amide bonds. The minimum Gasteiger partial charge on any atom is -0.437 e. The Hall–Kier alpha value is -4.17. The van der Waals surface area contributed by atoms with E-state index in [2.05, 4.69) is 42.6 Å². The molecule has 37 heavy (non-hydrogen) atoms. The fourth-order valence-corrected chi connectivity index (χ4v) is 4.53. The van der Waals surface area contributed by atoms with Crippen LogP contribution in [0.4, 0.5) is 17.2 Å². The number of anilines is 3. The van der Waals surface area contributed by atoms with E-state index < -0.39 is 0 Å². The van der Waals surface area contributed by atoms with Gasteiger partial charge in [0.1, 0.15) is 17.9 Å². The highest BCUT2D eigenvalue weighted by molar-refractivity contribution is 6.08. The Morgan fingerprint density at radius 1 is 1.08 bits per heavy atom. The lowest BCUT2D eigenvalue weighted by Gasteiger charge is -2.32. The summed E-state index contributed by atoms with van der Waals surface area (Å²) in [7, 11) is 6.12. The van der Waals surface area contributed by atoms with Crippen molar-refractivity contribution in [3.05, 3.63) is 67.5 Å². The van der Waals surface area contributed by atoms with Gasteiger partial charge in [0.2, 0.25) is 11.6 Å². The zero-order valence-electron chi connectivity index (χ0n) is 21.6. The summed E-state index contributed by atoms with van der Waals surface area (Å²) in [6.07, 6.45) is 3.99. The molecule has 0 unspecified atom stereocenters. The van der Waals surface area contributed by atoms with Gasteiger partial charge in [-0.05, 0) is 44.3 Å². The molecule has 0 atom stereocenters. The second-order valence-electron chi connectivity index (χ2n) is 9.54. The predicted molar refractivity (Wildman–Crippen MR) is 150 cm³/mol. The summed E-state index contributed by atoms with van der Waals surface area (Å²) in [5.41, 5.74) is 4.97. The topological polar surface area (TPSA) is 77.7 Å². The van der Waals surface area contributed by atoms with E-state index in [4.69, 9.17) is 4.42 Å². The Morgan fingerprint density at radius 2 is 1.86 bits per heavy atom. The first kappa shape index (κ1) is 24.5. The van der Waals surface area contributed by atoms with Crippen molar-refractivity contribution < 1.29 is 9.21 Å². The van der Waals surface area contributed by atoms with Gasteiger partial charge in [-0.15, -0.1) is 0 Å². The molecule has 2 aromatic heterocycles. The first-order chi connectivity index (χ1) is 18.0. The molecule has 4 aromatic rings. The number of carbonyl (C=O) groups is 1. The maximum Gasteiger partial charge on any atom is 0.247 e. The molecule has 0 spiro atoms. The van der Waals surface area contributed by atoms with Crippen LogP contribution in [-0.2, 0) is 4.79 Å². The average Bonchev–Trinajstić information content (AvgIpc) is 3.27. The first-order valence-electron chi connectivity index (χ1n) is 12.5. The van der Waals surface area contributed by atoms with Crippen molar-refractivity contribution in [2.75, 3.05) is 62.4 Å². The van der Waals surface area contributed by atoms with E-state index in [9.17, 15) is 4.79 Å². The molecule has 1 fully saturated rings. The standard InChI is InChI=1S/C29H32N6O2/c1-5-24(36)32-22-18-21(12-13-23(22)34(4)17-16-33(2)3)25-26-28(35-14-9-15-35)30-19-31-29(26)37-27(25)20-10-7-6-8-11-20/h5-8,10-13,18-19H,1,9,14-17H2,2-4H3,(H,32,36). The van der Waals surface area contributed by atoms with Crippen molar-refractivity contribution in [3.63, 3.8) is 0 Å². The lowest BCUT2D eigenvalue weighted by Crippen LogP contribution is -2.37. The number of nitrogens with one attached hydrogen (secondary N) is 1. The van der Waals surface area contributed by atoms with Crippen LogP contribution in [0.3, 0.4) is 0 Å². The summed E-state index contributed by atoms with van der Waals surface area (Å²) >= 11 is 0. The number of hydrogen-bond acceptors (Lipinski definition) is 7. The monoisotopic (exact) mass is 496 g/mol. The molecule has 1 aliphatic rings. The molecular weight excluding hydrogens is 464 g/mol. The summed E-state index contributed by atoms with van der Waals surface area (Å²) in [6.45, 7) is 7.23. The van der Waals surface area contributed by atoms with E-state index in [1.807, 2.05) is 63.6 Å². The summed E-state index contributed by atoms with van der Waals surface area (Å²) < 4.78 is 6.39. The van der Waals surface area contributed by atoms with Gasteiger partial charge in [0, 0.05) is 44.4 Å². The van der Waals surface area contributed by atoms with Crippen LogP contribution >= 0.6 is 0 Å². The molecule has 0 radical (unpaired) electrons. The Labute approximate surface area is 217 Å². The SMILES string of the molecule is C=CC(=O)Nc1cc(-c2c(-c3ccccc3)oc3ncnc(N4CCC4)c23)ccc1N(C)CCN(C)C. The third-order valence-corrected chi connectivity index (χ3v) is 6.68. The van der Waals surface area contributed by atoms with Crippen molar-refractivity contribution in [1.29, 1.82) is 0 Å². The minimum atomic E-state index is -0.260. The van der Waals surface area contributed by atoms with Crippen LogP contribution < -0.4 is 15.1 Å². The van der Waals surface area contributed by atoms with Crippen LogP contribution in [0.5, 0.6) is 0 Å². The van der Waals surface area contributed by atoms with E-state index >= 15 is 0 Å². The zero-order valence-corrected chi connectivity index (χ0v) is 21.6. The number of likely N-dealkylation sites (N-methyl/N-ethyl adjacent to an activating group) is 2. The van der Waals surface area contributed by atoms with Gasteiger partial charge in [0.15, 0.2) is 0 Å². The quantitative estimate of drug-likeness (QED) is 0.331.